The molecule has 13 aromatic rings. The Balaban J connectivity index is 0.947. The Labute approximate surface area is 415 Å². The van der Waals surface area contributed by atoms with Crippen LogP contribution in [0.1, 0.15) is 22.3 Å². The molecule has 14 rings (SSSR count). The Hall–Kier alpha value is -8.34. The smallest absolute Gasteiger partial charge is 0.0714 e. The van der Waals surface area contributed by atoms with Crippen LogP contribution in [-0.2, 0) is 5.41 Å². The Kier molecular flexibility index (Phi) is 9.55. The third-order valence-corrected chi connectivity index (χ3v) is 16.9. The van der Waals surface area contributed by atoms with E-state index in [-0.39, 0.29) is 0 Å². The number of thiophene rings is 2. The highest BCUT2D eigenvalue weighted by atomic mass is 32.1. The van der Waals surface area contributed by atoms with Gasteiger partial charge in [0.15, 0.2) is 0 Å². The number of anilines is 3. The molecule has 0 unspecified atom stereocenters. The van der Waals surface area contributed by atoms with Gasteiger partial charge in [-0.05, 0) is 122 Å². The molecule has 70 heavy (non-hydrogen) atoms. The van der Waals surface area contributed by atoms with E-state index in [9.17, 15) is 0 Å². The van der Waals surface area contributed by atoms with Gasteiger partial charge in [-0.15, -0.1) is 22.7 Å². The van der Waals surface area contributed by atoms with Gasteiger partial charge < -0.3 is 4.90 Å². The van der Waals surface area contributed by atoms with Crippen molar-refractivity contribution in [2.45, 2.75) is 5.41 Å². The molecule has 0 saturated heterocycles. The molecule has 0 saturated carbocycles. The first-order valence-electron chi connectivity index (χ1n) is 24.0. The number of rotatable bonds is 8. The molecule has 0 bridgehead atoms. The minimum Gasteiger partial charge on any atom is -0.310 e. The summed E-state index contributed by atoms with van der Waals surface area (Å²) in [5.74, 6) is 0. The molecule has 0 spiro atoms. The van der Waals surface area contributed by atoms with E-state index in [1.54, 1.807) is 0 Å². The van der Waals surface area contributed by atoms with Crippen LogP contribution in [0.3, 0.4) is 0 Å². The second-order valence-electron chi connectivity index (χ2n) is 18.3. The highest BCUT2D eigenvalue weighted by Gasteiger charge is 2.47. The second kappa shape index (κ2) is 16.4. The van der Waals surface area contributed by atoms with E-state index in [1.807, 2.05) is 22.7 Å². The lowest BCUT2D eigenvalue weighted by molar-refractivity contribution is 0.768. The maximum absolute atomic E-state index is 2.49. The van der Waals surface area contributed by atoms with Gasteiger partial charge in [0.05, 0.1) is 11.1 Å². The molecular weight excluding hydrogens is 883 g/mol. The van der Waals surface area contributed by atoms with Gasteiger partial charge in [0, 0.05) is 57.3 Å². The highest BCUT2D eigenvalue weighted by molar-refractivity contribution is 7.26. The monoisotopic (exact) mass is 925 g/mol. The zero-order valence-corrected chi connectivity index (χ0v) is 39.7. The lowest BCUT2D eigenvalue weighted by atomic mass is 9.68. The van der Waals surface area contributed by atoms with E-state index in [0.717, 1.165) is 17.1 Å². The molecule has 0 N–H and O–H groups in total. The molecule has 0 amide bonds. The van der Waals surface area contributed by atoms with E-state index in [2.05, 4.69) is 266 Å². The number of hydrogen-bond donors (Lipinski definition) is 0. The van der Waals surface area contributed by atoms with Crippen LogP contribution in [0.2, 0.25) is 0 Å². The topological polar surface area (TPSA) is 3.24 Å². The summed E-state index contributed by atoms with van der Waals surface area (Å²) in [4.78, 5) is 2.49. The third kappa shape index (κ3) is 6.36. The lowest BCUT2D eigenvalue weighted by Crippen LogP contribution is -2.28. The van der Waals surface area contributed by atoms with Crippen molar-refractivity contribution >= 4 is 80.1 Å². The third-order valence-electron chi connectivity index (χ3n) is 14.6. The predicted octanol–water partition coefficient (Wildman–Crippen LogP) is 19.3. The molecule has 1 nitrogen and oxygen atoms in total. The fourth-order valence-electron chi connectivity index (χ4n) is 11.5. The van der Waals surface area contributed by atoms with Crippen molar-refractivity contribution in [3.05, 3.63) is 283 Å². The van der Waals surface area contributed by atoms with Crippen LogP contribution in [-0.4, -0.2) is 0 Å². The Morgan fingerprint density at radius 2 is 0.843 bits per heavy atom. The summed E-state index contributed by atoms with van der Waals surface area (Å²) in [5, 5.41) is 5.25. The van der Waals surface area contributed by atoms with Gasteiger partial charge >= 0.3 is 0 Å². The molecule has 1 aliphatic carbocycles. The summed E-state index contributed by atoms with van der Waals surface area (Å²) in [6.07, 6.45) is 0. The SMILES string of the molecule is c1ccc(C2(c3ccccc3)c3ccccc3-c3c(N(c4ccc(-c5cccc(-c6cccc7c6sc6ccccc67)c5)cc4)c4cccc(-c5ccc6sc7ccccc7c6c5)c4)cccc32)cc1. The molecule has 328 valence electrons. The summed E-state index contributed by atoms with van der Waals surface area (Å²) in [5.41, 5.74) is 17.6. The van der Waals surface area contributed by atoms with Gasteiger partial charge in [-0.25, -0.2) is 0 Å². The van der Waals surface area contributed by atoms with E-state index in [0.29, 0.717) is 0 Å². The van der Waals surface area contributed by atoms with Crippen LogP contribution < -0.4 is 4.90 Å². The van der Waals surface area contributed by atoms with E-state index in [1.165, 1.54) is 107 Å². The van der Waals surface area contributed by atoms with Crippen molar-refractivity contribution in [1.29, 1.82) is 0 Å². The minimum absolute atomic E-state index is 0.522. The number of nitrogens with zero attached hydrogens (tertiary/aromatic N) is 1. The van der Waals surface area contributed by atoms with Crippen LogP contribution >= 0.6 is 22.7 Å². The average Bonchev–Trinajstić information content (AvgIpc) is 4.11. The van der Waals surface area contributed by atoms with Gasteiger partial charge in [0.2, 0.25) is 0 Å². The van der Waals surface area contributed by atoms with E-state index < -0.39 is 5.41 Å². The Morgan fingerprint density at radius 1 is 0.300 bits per heavy atom. The van der Waals surface area contributed by atoms with Gasteiger partial charge in [-0.3, -0.25) is 0 Å². The maximum Gasteiger partial charge on any atom is 0.0714 e. The minimum atomic E-state index is -0.522. The largest absolute Gasteiger partial charge is 0.310 e. The molecular formula is C67H43NS2. The predicted molar refractivity (Wildman–Crippen MR) is 301 cm³/mol. The van der Waals surface area contributed by atoms with Crippen LogP contribution in [0, 0.1) is 0 Å². The second-order valence-corrected chi connectivity index (χ2v) is 20.5. The first kappa shape index (κ1) is 40.7. The number of benzene rings is 11. The van der Waals surface area contributed by atoms with E-state index >= 15 is 0 Å². The average molecular weight is 926 g/mol. The molecule has 2 aromatic heterocycles. The Morgan fingerprint density at radius 3 is 1.63 bits per heavy atom. The normalized spacial score (nSPS) is 12.7. The van der Waals surface area contributed by atoms with Gasteiger partial charge in [0.1, 0.15) is 0 Å². The zero-order valence-electron chi connectivity index (χ0n) is 38.1. The fraction of sp³-hybridized carbons (Fsp3) is 0.0149. The lowest BCUT2D eigenvalue weighted by Gasteiger charge is -2.34. The van der Waals surface area contributed by atoms with Gasteiger partial charge in [-0.1, -0.05) is 200 Å². The van der Waals surface area contributed by atoms with Crippen molar-refractivity contribution in [3.63, 3.8) is 0 Å². The van der Waals surface area contributed by atoms with Gasteiger partial charge in [-0.2, -0.15) is 0 Å². The van der Waals surface area contributed by atoms with E-state index in [4.69, 9.17) is 0 Å². The molecule has 0 fully saturated rings. The molecule has 1 aliphatic rings. The van der Waals surface area contributed by atoms with Crippen molar-refractivity contribution < 1.29 is 0 Å². The molecule has 0 atom stereocenters. The highest BCUT2D eigenvalue weighted by Crippen LogP contribution is 2.59. The van der Waals surface area contributed by atoms with Gasteiger partial charge in [0.25, 0.3) is 0 Å². The zero-order chi connectivity index (χ0) is 46.2. The van der Waals surface area contributed by atoms with Crippen molar-refractivity contribution in [3.8, 4) is 44.5 Å². The maximum atomic E-state index is 2.49. The Bertz CT molecular complexity index is 4090. The molecule has 3 heteroatoms. The molecule has 0 radical (unpaired) electrons. The number of fused-ring (bicyclic) bond motifs is 9. The summed E-state index contributed by atoms with van der Waals surface area (Å²) >= 11 is 3.74. The fourth-order valence-corrected chi connectivity index (χ4v) is 13.8. The quantitative estimate of drug-likeness (QED) is 0.147. The molecule has 11 aromatic carbocycles. The van der Waals surface area contributed by atoms with Crippen molar-refractivity contribution in [1.82, 2.24) is 0 Å². The standard InChI is InChI=1S/C67H43NS2/c1-3-20-49(21-4-1)67(50-22-5-2-6-23-50)59-30-10-7-27-57(59)65-60(67)31-16-32-61(65)68(52-24-14-18-46(42-52)47-37-40-64-58(43-47)55-26-9-11-33-62(55)69-64)51-38-35-44(36-39-51)45-17-13-19-48(41-45)53-28-15-29-56-54-25-8-12-34-63(54)70-66(53)56/h1-43H. The van der Waals surface area contributed by atoms with Crippen molar-refractivity contribution in [2.75, 3.05) is 4.90 Å². The summed E-state index contributed by atoms with van der Waals surface area (Å²) < 4.78 is 5.28. The summed E-state index contributed by atoms with van der Waals surface area (Å²) in [6, 6.07) is 96.9. The molecule has 0 aliphatic heterocycles. The summed E-state index contributed by atoms with van der Waals surface area (Å²) in [6.45, 7) is 0. The van der Waals surface area contributed by atoms with Crippen LogP contribution in [0.25, 0.3) is 84.9 Å². The van der Waals surface area contributed by atoms with Crippen LogP contribution in [0.4, 0.5) is 17.1 Å². The summed E-state index contributed by atoms with van der Waals surface area (Å²) in [7, 11) is 0. The first-order chi connectivity index (χ1) is 34.7. The van der Waals surface area contributed by atoms with Crippen molar-refractivity contribution in [2.24, 2.45) is 0 Å². The molecule has 2 heterocycles. The first-order valence-corrected chi connectivity index (χ1v) is 25.6. The van der Waals surface area contributed by atoms with Crippen LogP contribution in [0.5, 0.6) is 0 Å². The number of hydrogen-bond acceptors (Lipinski definition) is 3. The van der Waals surface area contributed by atoms with Crippen LogP contribution in [0.15, 0.2) is 261 Å².